The van der Waals surface area contributed by atoms with Crippen LogP contribution >= 0.6 is 0 Å². The lowest BCUT2D eigenvalue weighted by Gasteiger charge is -2.28. The van der Waals surface area contributed by atoms with E-state index in [0.29, 0.717) is 37.0 Å². The van der Waals surface area contributed by atoms with Gasteiger partial charge in [-0.2, -0.15) is 13.2 Å². The third kappa shape index (κ3) is 3.31. The number of hydrogen-bond donors (Lipinski definition) is 0. The predicted octanol–water partition coefficient (Wildman–Crippen LogP) is 2.64. The van der Waals surface area contributed by atoms with Crippen molar-refractivity contribution >= 4 is 5.78 Å². The smallest absolute Gasteiger partial charge is 0.334 e. The molecular formula is C17H19F3N6. The first-order valence-electron chi connectivity index (χ1n) is 8.49. The van der Waals surface area contributed by atoms with Crippen molar-refractivity contribution < 1.29 is 13.2 Å². The highest BCUT2D eigenvalue weighted by atomic mass is 19.4. The molecule has 26 heavy (non-hydrogen) atoms. The molecule has 0 unspecified atom stereocenters. The van der Waals surface area contributed by atoms with Gasteiger partial charge in [-0.3, -0.25) is 4.40 Å². The van der Waals surface area contributed by atoms with E-state index < -0.39 is 11.9 Å². The summed E-state index contributed by atoms with van der Waals surface area (Å²) < 4.78 is 42.1. The van der Waals surface area contributed by atoms with Gasteiger partial charge < -0.3 is 9.47 Å². The van der Waals surface area contributed by atoms with Crippen LogP contribution < -0.4 is 0 Å². The summed E-state index contributed by atoms with van der Waals surface area (Å²) in [6.45, 7) is 2.07. The zero-order chi connectivity index (χ0) is 18.3. The van der Waals surface area contributed by atoms with Gasteiger partial charge in [0, 0.05) is 44.6 Å². The highest BCUT2D eigenvalue weighted by Gasteiger charge is 2.35. The quantitative estimate of drug-likeness (QED) is 0.714. The fourth-order valence-electron chi connectivity index (χ4n) is 3.58. The van der Waals surface area contributed by atoms with Gasteiger partial charge in [0.2, 0.25) is 5.78 Å². The van der Waals surface area contributed by atoms with Crippen molar-refractivity contribution in [3.8, 4) is 0 Å². The lowest BCUT2D eigenvalue weighted by Crippen LogP contribution is -2.31. The molecule has 0 bridgehead atoms. The van der Waals surface area contributed by atoms with Crippen LogP contribution in [0.1, 0.15) is 23.6 Å². The van der Waals surface area contributed by atoms with Crippen LogP contribution in [0.15, 0.2) is 30.9 Å². The Hall–Kier alpha value is -2.42. The molecule has 1 aliphatic rings. The average molecular weight is 364 g/mol. The van der Waals surface area contributed by atoms with Gasteiger partial charge in [0.25, 0.3) is 0 Å². The lowest BCUT2D eigenvalue weighted by atomic mass is 9.99. The molecule has 0 aliphatic carbocycles. The summed E-state index contributed by atoms with van der Waals surface area (Å²) in [5.74, 6) is 1.49. The second-order valence-corrected chi connectivity index (χ2v) is 6.83. The number of rotatable bonds is 4. The Morgan fingerprint density at radius 3 is 2.96 bits per heavy atom. The number of halogens is 3. The van der Waals surface area contributed by atoms with E-state index in [0.717, 1.165) is 24.9 Å². The fourth-order valence-corrected chi connectivity index (χ4v) is 3.58. The molecule has 0 fully saturated rings. The van der Waals surface area contributed by atoms with Gasteiger partial charge in [-0.1, -0.05) is 0 Å². The van der Waals surface area contributed by atoms with E-state index in [1.165, 1.54) is 0 Å². The summed E-state index contributed by atoms with van der Waals surface area (Å²) in [4.78, 5) is 14.4. The summed E-state index contributed by atoms with van der Waals surface area (Å²) in [5.41, 5.74) is 0.244. The molecule has 0 aromatic carbocycles. The molecule has 1 aliphatic heterocycles. The van der Waals surface area contributed by atoms with Gasteiger partial charge in [-0.15, -0.1) is 0 Å². The standard InChI is InChI=1S/C17H19F3N6/c1-24(10-13-7-22-16-21-5-2-6-26(13)16)8-12-3-4-15-23-14(17(18,19)20)11-25(15)9-12/h2,5-7,11-12H,3-4,8-10H2,1H3/t12-/m1/s1. The molecule has 0 amide bonds. The number of aryl methyl sites for hydroxylation is 1. The molecule has 0 saturated carbocycles. The van der Waals surface area contributed by atoms with Crippen LogP contribution in [0.25, 0.3) is 5.78 Å². The van der Waals surface area contributed by atoms with Crippen molar-refractivity contribution in [3.05, 3.63) is 48.1 Å². The zero-order valence-corrected chi connectivity index (χ0v) is 14.3. The number of hydrogen-bond acceptors (Lipinski definition) is 4. The van der Waals surface area contributed by atoms with Crippen molar-refractivity contribution in [1.82, 2.24) is 28.8 Å². The van der Waals surface area contributed by atoms with E-state index in [2.05, 4.69) is 19.9 Å². The molecule has 6 nitrogen and oxygen atoms in total. The Kier molecular flexibility index (Phi) is 4.18. The Morgan fingerprint density at radius 1 is 1.31 bits per heavy atom. The van der Waals surface area contributed by atoms with E-state index in [-0.39, 0.29) is 0 Å². The highest BCUT2D eigenvalue weighted by Crippen LogP contribution is 2.30. The number of alkyl halides is 3. The molecule has 0 radical (unpaired) electrons. The largest absolute Gasteiger partial charge is 0.434 e. The van der Waals surface area contributed by atoms with Gasteiger partial charge in [0.1, 0.15) is 5.82 Å². The molecule has 9 heteroatoms. The maximum Gasteiger partial charge on any atom is 0.434 e. The second-order valence-electron chi connectivity index (χ2n) is 6.83. The van der Waals surface area contributed by atoms with Crippen molar-refractivity contribution in [1.29, 1.82) is 0 Å². The maximum absolute atomic E-state index is 12.8. The van der Waals surface area contributed by atoms with Crippen LogP contribution in [0.3, 0.4) is 0 Å². The molecular weight excluding hydrogens is 345 g/mol. The maximum atomic E-state index is 12.8. The predicted molar refractivity (Wildman–Crippen MR) is 88.4 cm³/mol. The van der Waals surface area contributed by atoms with Crippen molar-refractivity contribution in [2.75, 3.05) is 13.6 Å². The van der Waals surface area contributed by atoms with Crippen molar-refractivity contribution in [3.63, 3.8) is 0 Å². The summed E-state index contributed by atoms with van der Waals surface area (Å²) in [6.07, 6.45) is 3.61. The number of fused-ring (bicyclic) bond motifs is 2. The zero-order valence-electron chi connectivity index (χ0n) is 14.3. The van der Waals surface area contributed by atoms with Crippen LogP contribution in [-0.2, 0) is 25.7 Å². The van der Waals surface area contributed by atoms with E-state index >= 15 is 0 Å². The van der Waals surface area contributed by atoms with Crippen molar-refractivity contribution in [2.45, 2.75) is 32.1 Å². The van der Waals surface area contributed by atoms with Crippen LogP contribution in [0.5, 0.6) is 0 Å². The molecule has 3 aromatic rings. The van der Waals surface area contributed by atoms with Gasteiger partial charge >= 0.3 is 6.18 Å². The first-order valence-corrected chi connectivity index (χ1v) is 8.49. The van der Waals surface area contributed by atoms with E-state index in [1.807, 2.05) is 29.9 Å². The number of imidazole rings is 2. The Morgan fingerprint density at radius 2 is 2.15 bits per heavy atom. The molecule has 4 heterocycles. The molecule has 0 spiro atoms. The van der Waals surface area contributed by atoms with Crippen LogP contribution in [0.4, 0.5) is 13.2 Å². The Balaban J connectivity index is 1.41. The first kappa shape index (κ1) is 17.0. The topological polar surface area (TPSA) is 51.3 Å². The summed E-state index contributed by atoms with van der Waals surface area (Å²) in [7, 11) is 2.01. The fraction of sp³-hybridized carbons (Fsp3) is 0.471. The van der Waals surface area contributed by atoms with Gasteiger partial charge in [0.15, 0.2) is 5.69 Å². The third-order valence-corrected chi connectivity index (χ3v) is 4.75. The SMILES string of the molecule is CN(Cc1cnc2ncccn12)C[C@H]1CCc2nc(C(F)(F)F)cn2C1. The molecule has 4 rings (SSSR count). The second kappa shape index (κ2) is 6.39. The molecule has 1 atom stereocenters. The van der Waals surface area contributed by atoms with E-state index in [1.54, 1.807) is 10.8 Å². The van der Waals surface area contributed by atoms with Gasteiger partial charge in [0.05, 0.1) is 11.9 Å². The van der Waals surface area contributed by atoms with Crippen molar-refractivity contribution in [2.24, 2.45) is 5.92 Å². The minimum absolute atomic E-state index is 0.292. The Labute approximate surface area is 148 Å². The van der Waals surface area contributed by atoms with Crippen LogP contribution in [0, 0.1) is 5.92 Å². The Bertz CT molecular complexity index is 913. The van der Waals surface area contributed by atoms with Gasteiger partial charge in [-0.25, -0.2) is 15.0 Å². The van der Waals surface area contributed by atoms with Crippen LogP contribution in [0.2, 0.25) is 0 Å². The summed E-state index contributed by atoms with van der Waals surface area (Å²) in [5, 5.41) is 0. The monoisotopic (exact) mass is 364 g/mol. The normalized spacial score (nSPS) is 17.8. The highest BCUT2D eigenvalue weighted by molar-refractivity contribution is 5.30. The third-order valence-electron chi connectivity index (χ3n) is 4.75. The minimum Gasteiger partial charge on any atom is -0.334 e. The summed E-state index contributed by atoms with van der Waals surface area (Å²) in [6, 6.07) is 1.86. The van der Waals surface area contributed by atoms with E-state index in [4.69, 9.17) is 0 Å². The van der Waals surface area contributed by atoms with E-state index in [9.17, 15) is 13.2 Å². The summed E-state index contributed by atoms with van der Waals surface area (Å²) >= 11 is 0. The minimum atomic E-state index is -4.38. The molecule has 0 N–H and O–H groups in total. The molecule has 0 saturated heterocycles. The number of aromatic nitrogens is 5. The molecule has 138 valence electrons. The first-order chi connectivity index (χ1) is 12.4. The van der Waals surface area contributed by atoms with Gasteiger partial charge in [-0.05, 0) is 25.5 Å². The number of nitrogens with zero attached hydrogens (tertiary/aromatic N) is 6. The van der Waals surface area contributed by atoms with Crippen LogP contribution in [-0.4, -0.2) is 42.4 Å². The average Bonchev–Trinajstić information content (AvgIpc) is 3.19. The molecule has 3 aromatic heterocycles. The lowest BCUT2D eigenvalue weighted by molar-refractivity contribution is -0.141.